The normalized spacial score (nSPS) is 14.6. The van der Waals surface area contributed by atoms with E-state index in [-0.39, 0.29) is 18.1 Å². The average molecular weight is 557 g/mol. The second-order valence-electron chi connectivity index (χ2n) is 10.1. The summed E-state index contributed by atoms with van der Waals surface area (Å²) >= 11 is 12.6. The van der Waals surface area contributed by atoms with Crippen LogP contribution < -0.4 is 16.4 Å². The van der Waals surface area contributed by atoms with Gasteiger partial charge >= 0.3 is 5.97 Å². The first-order valence-electron chi connectivity index (χ1n) is 13.1. The Kier molecular flexibility index (Phi) is 9.83. The molecule has 38 heavy (non-hydrogen) atoms. The van der Waals surface area contributed by atoms with E-state index >= 15 is 0 Å². The largest absolute Gasteiger partial charge is 0.461 e. The van der Waals surface area contributed by atoms with Gasteiger partial charge in [0.05, 0.1) is 11.9 Å². The van der Waals surface area contributed by atoms with Crippen molar-refractivity contribution in [1.82, 2.24) is 15.3 Å². The number of nitrogens with two attached hydrogens (primary N) is 1. The van der Waals surface area contributed by atoms with Gasteiger partial charge in [0.1, 0.15) is 12.1 Å². The second-order valence-corrected chi connectivity index (χ2v) is 11.0. The number of hydrogen-bond donors (Lipinski definition) is 3. The SMILES string of the molecule is CC(C)C[C@H](NCc1ccc(-c2cnc(N)c(NCc3c(Cl)cccc3Cl)n2)cc1)C(=O)OC1CCCC1. The van der Waals surface area contributed by atoms with Gasteiger partial charge in [-0.15, -0.1) is 0 Å². The number of hydrogen-bond acceptors (Lipinski definition) is 7. The van der Waals surface area contributed by atoms with Crippen LogP contribution in [-0.4, -0.2) is 28.1 Å². The summed E-state index contributed by atoms with van der Waals surface area (Å²) in [5.41, 5.74) is 9.48. The molecule has 1 aliphatic rings. The van der Waals surface area contributed by atoms with Crippen molar-refractivity contribution in [3.8, 4) is 11.3 Å². The number of carbonyl (C=O) groups is 1. The maximum atomic E-state index is 12.8. The third-order valence-electron chi connectivity index (χ3n) is 6.67. The van der Waals surface area contributed by atoms with Crippen LogP contribution in [0.15, 0.2) is 48.7 Å². The molecule has 0 amide bonds. The molecular weight excluding hydrogens is 521 g/mol. The minimum Gasteiger partial charge on any atom is -0.461 e. The van der Waals surface area contributed by atoms with Crippen molar-refractivity contribution in [3.05, 3.63) is 69.8 Å². The Labute approximate surface area is 234 Å². The zero-order chi connectivity index (χ0) is 27.1. The van der Waals surface area contributed by atoms with E-state index in [4.69, 9.17) is 33.7 Å². The Balaban J connectivity index is 1.39. The van der Waals surface area contributed by atoms with Crippen molar-refractivity contribution < 1.29 is 9.53 Å². The summed E-state index contributed by atoms with van der Waals surface area (Å²) < 4.78 is 5.77. The molecule has 3 aromatic rings. The minimum atomic E-state index is -0.321. The standard InChI is InChI=1S/C29H35Cl2N5O2/c1-18(2)14-25(29(37)38-21-6-3-4-7-21)33-15-19-10-12-20(13-11-19)26-17-34-27(32)28(36-26)35-16-22-23(30)8-5-9-24(22)31/h5,8-13,17-18,21,25,33H,3-4,6-7,14-16H2,1-2H3,(H2,32,34)(H,35,36)/t25-/m0/s1. The summed E-state index contributed by atoms with van der Waals surface area (Å²) in [7, 11) is 0. The Morgan fingerprint density at radius 3 is 2.42 bits per heavy atom. The van der Waals surface area contributed by atoms with E-state index in [0.717, 1.165) is 48.8 Å². The smallest absolute Gasteiger partial charge is 0.323 e. The number of ether oxygens (including phenoxy) is 1. The molecule has 1 heterocycles. The molecule has 0 radical (unpaired) electrons. The number of nitrogens with one attached hydrogen (secondary N) is 2. The van der Waals surface area contributed by atoms with Crippen molar-refractivity contribution >= 4 is 40.8 Å². The van der Waals surface area contributed by atoms with Gasteiger partial charge in [-0.3, -0.25) is 4.79 Å². The van der Waals surface area contributed by atoms with E-state index in [1.54, 1.807) is 24.4 Å². The van der Waals surface area contributed by atoms with E-state index in [1.807, 2.05) is 24.3 Å². The van der Waals surface area contributed by atoms with Crippen LogP contribution in [0, 0.1) is 5.92 Å². The zero-order valence-electron chi connectivity index (χ0n) is 21.8. The molecule has 0 saturated heterocycles. The molecule has 202 valence electrons. The number of halogens is 2. The highest BCUT2D eigenvalue weighted by molar-refractivity contribution is 6.36. The van der Waals surface area contributed by atoms with Crippen LogP contribution in [0.2, 0.25) is 10.0 Å². The van der Waals surface area contributed by atoms with E-state index in [9.17, 15) is 4.79 Å². The topological polar surface area (TPSA) is 102 Å². The van der Waals surface area contributed by atoms with Crippen molar-refractivity contribution in [2.24, 2.45) is 5.92 Å². The first-order chi connectivity index (χ1) is 18.3. The third kappa shape index (κ3) is 7.59. The summed E-state index contributed by atoms with van der Waals surface area (Å²) in [4.78, 5) is 21.8. The quantitative estimate of drug-likeness (QED) is 0.228. The van der Waals surface area contributed by atoms with E-state index < -0.39 is 0 Å². The molecule has 7 nitrogen and oxygen atoms in total. The molecule has 4 rings (SSSR count). The lowest BCUT2D eigenvalue weighted by molar-refractivity contribution is -0.151. The van der Waals surface area contributed by atoms with Crippen molar-refractivity contribution in [1.29, 1.82) is 0 Å². The molecule has 1 aliphatic carbocycles. The van der Waals surface area contributed by atoms with Crippen LogP contribution >= 0.6 is 23.2 Å². The number of aromatic nitrogens is 2. The fourth-order valence-corrected chi connectivity index (χ4v) is 5.09. The monoisotopic (exact) mass is 555 g/mol. The van der Waals surface area contributed by atoms with E-state index in [0.29, 0.717) is 46.4 Å². The fraction of sp³-hybridized carbons (Fsp3) is 0.414. The maximum absolute atomic E-state index is 12.8. The molecule has 1 atom stereocenters. The molecule has 2 aromatic carbocycles. The molecule has 0 unspecified atom stereocenters. The van der Waals surface area contributed by atoms with Gasteiger partial charge in [0.15, 0.2) is 11.6 Å². The van der Waals surface area contributed by atoms with Crippen LogP contribution in [0.4, 0.5) is 11.6 Å². The number of carbonyl (C=O) groups excluding carboxylic acids is 1. The second kappa shape index (κ2) is 13.3. The van der Waals surface area contributed by atoms with Gasteiger partial charge in [-0.1, -0.05) is 67.4 Å². The van der Waals surface area contributed by atoms with Crippen LogP contribution in [0.1, 0.15) is 57.1 Å². The Morgan fingerprint density at radius 1 is 1.08 bits per heavy atom. The highest BCUT2D eigenvalue weighted by Crippen LogP contribution is 2.27. The summed E-state index contributed by atoms with van der Waals surface area (Å²) in [6.07, 6.45) is 6.67. The first kappa shape index (κ1) is 28.1. The van der Waals surface area contributed by atoms with Crippen molar-refractivity contribution in [3.63, 3.8) is 0 Å². The van der Waals surface area contributed by atoms with Crippen LogP contribution in [-0.2, 0) is 22.6 Å². The van der Waals surface area contributed by atoms with Gasteiger partial charge in [-0.05, 0) is 55.7 Å². The third-order valence-corrected chi connectivity index (χ3v) is 7.38. The van der Waals surface area contributed by atoms with Gasteiger partial charge in [-0.25, -0.2) is 9.97 Å². The first-order valence-corrected chi connectivity index (χ1v) is 13.9. The van der Waals surface area contributed by atoms with Gasteiger partial charge in [0, 0.05) is 34.3 Å². The number of esters is 1. The lowest BCUT2D eigenvalue weighted by Crippen LogP contribution is -2.40. The molecule has 9 heteroatoms. The Hall–Kier alpha value is -2.87. The molecule has 4 N–H and O–H groups in total. The Morgan fingerprint density at radius 2 is 1.76 bits per heavy atom. The van der Waals surface area contributed by atoms with E-state index in [2.05, 4.69) is 34.4 Å². The molecule has 0 spiro atoms. The predicted molar refractivity (Wildman–Crippen MR) is 154 cm³/mol. The van der Waals surface area contributed by atoms with Gasteiger partial charge in [-0.2, -0.15) is 0 Å². The van der Waals surface area contributed by atoms with Crippen molar-refractivity contribution in [2.75, 3.05) is 11.1 Å². The molecule has 1 aromatic heterocycles. The summed E-state index contributed by atoms with van der Waals surface area (Å²) in [6, 6.07) is 13.1. The van der Waals surface area contributed by atoms with Gasteiger partial charge in [0.2, 0.25) is 0 Å². The van der Waals surface area contributed by atoms with Crippen LogP contribution in [0.3, 0.4) is 0 Å². The van der Waals surface area contributed by atoms with Crippen molar-refractivity contribution in [2.45, 2.75) is 71.2 Å². The Bertz CT molecular complexity index is 1210. The molecule has 1 fully saturated rings. The minimum absolute atomic E-state index is 0.0697. The number of benzene rings is 2. The average Bonchev–Trinajstić information content (AvgIpc) is 3.40. The molecule has 0 bridgehead atoms. The fourth-order valence-electron chi connectivity index (χ4n) is 4.56. The molecular formula is C29H35Cl2N5O2. The number of anilines is 2. The van der Waals surface area contributed by atoms with Crippen LogP contribution in [0.5, 0.6) is 0 Å². The maximum Gasteiger partial charge on any atom is 0.323 e. The predicted octanol–water partition coefficient (Wildman–Crippen LogP) is 6.63. The zero-order valence-corrected chi connectivity index (χ0v) is 23.4. The lowest BCUT2D eigenvalue weighted by Gasteiger charge is -2.22. The van der Waals surface area contributed by atoms with Gasteiger partial charge in [0.25, 0.3) is 0 Å². The summed E-state index contributed by atoms with van der Waals surface area (Å²) in [5, 5.41) is 7.74. The number of rotatable bonds is 11. The highest BCUT2D eigenvalue weighted by Gasteiger charge is 2.26. The van der Waals surface area contributed by atoms with Crippen LogP contribution in [0.25, 0.3) is 11.3 Å². The summed E-state index contributed by atoms with van der Waals surface area (Å²) in [5.74, 6) is 0.990. The van der Waals surface area contributed by atoms with Gasteiger partial charge < -0.3 is 21.1 Å². The molecule has 0 aliphatic heterocycles. The number of nitrogen functional groups attached to an aromatic ring is 1. The summed E-state index contributed by atoms with van der Waals surface area (Å²) in [6.45, 7) is 5.17. The molecule has 1 saturated carbocycles. The highest BCUT2D eigenvalue weighted by atomic mass is 35.5. The van der Waals surface area contributed by atoms with E-state index in [1.165, 1.54) is 0 Å². The lowest BCUT2D eigenvalue weighted by atomic mass is 10.0. The number of nitrogens with zero attached hydrogens (tertiary/aromatic N) is 2.